The van der Waals surface area contributed by atoms with Crippen molar-refractivity contribution in [2.24, 2.45) is 0 Å². The number of hydrazine groups is 1. The molecule has 8 nitrogen and oxygen atoms in total. The Labute approximate surface area is 180 Å². The van der Waals surface area contributed by atoms with Gasteiger partial charge in [-0.25, -0.2) is 10.4 Å². The maximum Gasteiger partial charge on any atom is 0.264 e. The Bertz CT molecular complexity index is 1030. The van der Waals surface area contributed by atoms with Gasteiger partial charge in [0.25, 0.3) is 5.91 Å². The topological polar surface area (TPSA) is 79.0 Å². The molecule has 5 heterocycles. The molecule has 1 aromatic carbocycles. The first kappa shape index (κ1) is 18.5. The predicted molar refractivity (Wildman–Crippen MR) is 116 cm³/mol. The molecule has 1 amide bonds. The van der Waals surface area contributed by atoms with Crippen molar-refractivity contribution in [1.82, 2.24) is 20.7 Å². The number of carbonyl (C=O) groups is 1. The quantitative estimate of drug-likeness (QED) is 0.786. The number of anilines is 1. The van der Waals surface area contributed by atoms with Crippen LogP contribution in [0.3, 0.4) is 0 Å². The maximum absolute atomic E-state index is 12.8. The fraction of sp³-hybridized carbons (Fsp3) is 0.391. The number of hydrogen-bond donors (Lipinski definition) is 2. The third kappa shape index (κ3) is 3.27. The molecule has 0 radical (unpaired) electrons. The van der Waals surface area contributed by atoms with Gasteiger partial charge >= 0.3 is 0 Å². The smallest absolute Gasteiger partial charge is 0.264 e. The number of rotatable bonds is 3. The van der Waals surface area contributed by atoms with E-state index in [1.807, 2.05) is 24.4 Å². The summed E-state index contributed by atoms with van der Waals surface area (Å²) < 4.78 is 11.3. The number of hydrogen-bond acceptors (Lipinski definition) is 7. The zero-order chi connectivity index (χ0) is 20.8. The summed E-state index contributed by atoms with van der Waals surface area (Å²) in [5.74, 6) is 2.53. The summed E-state index contributed by atoms with van der Waals surface area (Å²) in [5.41, 5.74) is 6.06. The van der Waals surface area contributed by atoms with Gasteiger partial charge in [-0.3, -0.25) is 9.80 Å². The van der Waals surface area contributed by atoms with Gasteiger partial charge in [0.15, 0.2) is 11.5 Å². The highest BCUT2D eigenvalue weighted by Gasteiger charge is 2.41. The van der Waals surface area contributed by atoms with Crippen molar-refractivity contribution >= 4 is 17.4 Å². The lowest BCUT2D eigenvalue weighted by Crippen LogP contribution is -2.52. The van der Waals surface area contributed by atoms with Crippen LogP contribution in [0.5, 0.6) is 11.5 Å². The van der Waals surface area contributed by atoms with E-state index in [9.17, 15) is 4.79 Å². The van der Waals surface area contributed by atoms with Gasteiger partial charge in [0.2, 0.25) is 0 Å². The summed E-state index contributed by atoms with van der Waals surface area (Å²) in [6.45, 7) is 3.92. The van der Waals surface area contributed by atoms with Gasteiger partial charge < -0.3 is 19.7 Å². The van der Waals surface area contributed by atoms with Crippen LogP contribution in [0, 0.1) is 0 Å². The molecule has 8 heteroatoms. The second-order valence-corrected chi connectivity index (χ2v) is 8.33. The maximum atomic E-state index is 12.8. The minimum absolute atomic E-state index is 0.0576. The van der Waals surface area contributed by atoms with Crippen LogP contribution in [0.4, 0.5) is 5.82 Å². The van der Waals surface area contributed by atoms with E-state index in [1.54, 1.807) is 11.1 Å². The van der Waals surface area contributed by atoms with E-state index in [-0.39, 0.29) is 18.0 Å². The van der Waals surface area contributed by atoms with Gasteiger partial charge in [-0.15, -0.1) is 0 Å². The van der Waals surface area contributed by atoms with E-state index >= 15 is 0 Å². The van der Waals surface area contributed by atoms with E-state index < -0.39 is 0 Å². The molecular formula is C23H25N5O3. The number of pyridine rings is 1. The molecule has 2 fully saturated rings. The van der Waals surface area contributed by atoms with Crippen LogP contribution in [-0.4, -0.2) is 54.9 Å². The molecular weight excluding hydrogens is 394 g/mol. The first-order valence-electron chi connectivity index (χ1n) is 10.9. The Hall–Kier alpha value is -3.26. The number of nitrogens with one attached hydrogen (secondary N) is 2. The number of benzene rings is 1. The van der Waals surface area contributed by atoms with Crippen molar-refractivity contribution in [2.45, 2.75) is 24.9 Å². The molecule has 2 atom stereocenters. The van der Waals surface area contributed by atoms with Gasteiger partial charge in [-0.1, -0.05) is 6.07 Å². The van der Waals surface area contributed by atoms with Crippen molar-refractivity contribution in [3.63, 3.8) is 0 Å². The number of fused-ring (bicyclic) bond motifs is 2. The monoisotopic (exact) mass is 419 g/mol. The minimum Gasteiger partial charge on any atom is -0.486 e. The lowest BCUT2D eigenvalue weighted by atomic mass is 9.96. The van der Waals surface area contributed by atoms with Crippen LogP contribution in [0.1, 0.15) is 29.9 Å². The second-order valence-electron chi connectivity index (χ2n) is 8.33. The average molecular weight is 419 g/mol. The van der Waals surface area contributed by atoms with Crippen LogP contribution >= 0.6 is 0 Å². The molecule has 1 aromatic heterocycles. The van der Waals surface area contributed by atoms with E-state index in [0.717, 1.165) is 41.5 Å². The third-order valence-electron chi connectivity index (χ3n) is 6.43. The number of aromatic nitrogens is 1. The number of carbonyl (C=O) groups excluding carboxylic acids is 1. The molecule has 6 rings (SSSR count). The highest BCUT2D eigenvalue weighted by atomic mass is 16.6. The van der Waals surface area contributed by atoms with Crippen molar-refractivity contribution in [2.75, 3.05) is 37.7 Å². The predicted octanol–water partition coefficient (Wildman–Crippen LogP) is 1.85. The first-order chi connectivity index (χ1) is 15.3. The average Bonchev–Trinajstić information content (AvgIpc) is 3.49. The van der Waals surface area contributed by atoms with Crippen LogP contribution in [0.2, 0.25) is 0 Å². The molecule has 0 bridgehead atoms. The van der Waals surface area contributed by atoms with Crippen molar-refractivity contribution in [3.05, 3.63) is 53.7 Å². The lowest BCUT2D eigenvalue weighted by molar-refractivity contribution is -0.130. The Kier molecular flexibility index (Phi) is 4.45. The van der Waals surface area contributed by atoms with Crippen LogP contribution in [0.25, 0.3) is 5.70 Å². The van der Waals surface area contributed by atoms with Gasteiger partial charge in [0.05, 0.1) is 0 Å². The highest BCUT2D eigenvalue weighted by Crippen LogP contribution is 2.35. The Morgan fingerprint density at radius 1 is 1.03 bits per heavy atom. The number of amides is 1. The highest BCUT2D eigenvalue weighted by molar-refractivity contribution is 5.97. The van der Waals surface area contributed by atoms with E-state index in [0.29, 0.717) is 25.5 Å². The SMILES string of the molecule is O=C1C=C(c2ccc3c(c2)OCCO3)NC2C(c3ccc(N4CCCC4)nc3)CNN12. The van der Waals surface area contributed by atoms with E-state index in [1.165, 1.54) is 12.8 Å². The summed E-state index contributed by atoms with van der Waals surface area (Å²) >= 11 is 0. The van der Waals surface area contributed by atoms with Gasteiger partial charge in [-0.05, 0) is 42.7 Å². The molecule has 31 heavy (non-hydrogen) atoms. The largest absolute Gasteiger partial charge is 0.486 e. The minimum atomic E-state index is -0.180. The molecule has 2 unspecified atom stereocenters. The Morgan fingerprint density at radius 3 is 2.68 bits per heavy atom. The second kappa shape index (κ2) is 7.46. The van der Waals surface area contributed by atoms with Gasteiger partial charge in [0.1, 0.15) is 25.2 Å². The zero-order valence-corrected chi connectivity index (χ0v) is 17.2. The first-order valence-corrected chi connectivity index (χ1v) is 10.9. The fourth-order valence-electron chi connectivity index (χ4n) is 4.79. The van der Waals surface area contributed by atoms with Crippen molar-refractivity contribution < 1.29 is 14.3 Å². The number of nitrogens with zero attached hydrogens (tertiary/aromatic N) is 3. The zero-order valence-electron chi connectivity index (χ0n) is 17.2. The molecule has 0 saturated carbocycles. The fourth-order valence-corrected chi connectivity index (χ4v) is 4.79. The molecule has 160 valence electrons. The summed E-state index contributed by atoms with van der Waals surface area (Å²) in [6, 6.07) is 10.0. The number of ether oxygens (including phenoxy) is 2. The van der Waals surface area contributed by atoms with Crippen LogP contribution < -0.4 is 25.1 Å². The molecule has 4 aliphatic heterocycles. The molecule has 2 N–H and O–H groups in total. The summed E-state index contributed by atoms with van der Waals surface area (Å²) in [6.07, 6.45) is 5.87. The lowest BCUT2D eigenvalue weighted by Gasteiger charge is -2.33. The van der Waals surface area contributed by atoms with Crippen LogP contribution in [0.15, 0.2) is 42.6 Å². The van der Waals surface area contributed by atoms with Crippen molar-refractivity contribution in [1.29, 1.82) is 0 Å². The third-order valence-corrected chi connectivity index (χ3v) is 6.43. The van der Waals surface area contributed by atoms with E-state index in [4.69, 9.17) is 14.5 Å². The van der Waals surface area contributed by atoms with E-state index in [2.05, 4.69) is 27.8 Å². The molecule has 0 spiro atoms. The molecule has 4 aliphatic rings. The Balaban J connectivity index is 1.25. The Morgan fingerprint density at radius 2 is 1.87 bits per heavy atom. The summed E-state index contributed by atoms with van der Waals surface area (Å²) in [4.78, 5) is 19.9. The summed E-state index contributed by atoms with van der Waals surface area (Å²) in [5, 5.41) is 5.24. The van der Waals surface area contributed by atoms with Crippen molar-refractivity contribution in [3.8, 4) is 11.5 Å². The molecule has 2 saturated heterocycles. The molecule has 0 aliphatic carbocycles. The standard InChI is InChI=1S/C23H25N5O3/c29-22-12-18(15-3-5-19-20(11-15)31-10-9-30-19)26-23-17(14-25-28(22)23)16-4-6-21(24-13-16)27-7-1-2-8-27/h3-6,11-13,17,23,25-26H,1-2,7-10,14H2. The van der Waals surface area contributed by atoms with Crippen LogP contribution in [-0.2, 0) is 4.79 Å². The van der Waals surface area contributed by atoms with Gasteiger partial charge in [-0.2, -0.15) is 0 Å². The summed E-state index contributed by atoms with van der Waals surface area (Å²) in [7, 11) is 0. The van der Waals surface area contributed by atoms with Gasteiger partial charge in [0, 0.05) is 49.1 Å². The normalized spacial score (nSPS) is 24.6. The molecule has 2 aromatic rings.